The van der Waals surface area contributed by atoms with Crippen LogP contribution in [0.2, 0.25) is 0 Å². The summed E-state index contributed by atoms with van der Waals surface area (Å²) in [5.41, 5.74) is 0. The van der Waals surface area contributed by atoms with Gasteiger partial charge in [-0.25, -0.2) is 8.42 Å². The summed E-state index contributed by atoms with van der Waals surface area (Å²) in [6.45, 7) is 1.04. The number of nitrogens with zero attached hydrogens (tertiary/aromatic N) is 3. The predicted molar refractivity (Wildman–Crippen MR) is 74.2 cm³/mol. The van der Waals surface area contributed by atoms with E-state index in [-0.39, 0.29) is 12.5 Å². The van der Waals surface area contributed by atoms with Crippen LogP contribution in [0.1, 0.15) is 43.3 Å². The molecule has 1 aromatic heterocycles. The molecule has 1 atom stereocenters. The number of sulfone groups is 1. The van der Waals surface area contributed by atoms with Crippen LogP contribution >= 0.6 is 0 Å². The minimum absolute atomic E-state index is 0.108. The third kappa shape index (κ3) is 2.74. The second-order valence-corrected chi connectivity index (χ2v) is 8.25. The number of aromatic nitrogens is 3. The zero-order chi connectivity index (χ0) is 14.2. The van der Waals surface area contributed by atoms with E-state index in [4.69, 9.17) is 0 Å². The van der Waals surface area contributed by atoms with Crippen molar-refractivity contribution in [1.82, 2.24) is 14.8 Å². The van der Waals surface area contributed by atoms with Crippen LogP contribution in [0.4, 0.5) is 0 Å². The molecule has 1 aromatic rings. The average molecular weight is 299 g/mol. The van der Waals surface area contributed by atoms with Crippen LogP contribution in [0.15, 0.2) is 0 Å². The van der Waals surface area contributed by atoms with Crippen molar-refractivity contribution in [2.45, 2.75) is 44.6 Å². The van der Waals surface area contributed by atoms with Crippen LogP contribution in [0, 0.1) is 5.92 Å². The molecule has 0 radical (unpaired) electrons. The quantitative estimate of drug-likeness (QED) is 0.879. The fourth-order valence-corrected chi connectivity index (χ4v) is 4.83. The first kappa shape index (κ1) is 14.0. The van der Waals surface area contributed by atoms with Gasteiger partial charge in [0.2, 0.25) is 0 Å². The van der Waals surface area contributed by atoms with E-state index in [0.717, 1.165) is 50.3 Å². The number of aliphatic hydroxyl groups is 1. The molecule has 0 bridgehead atoms. The molecule has 3 heterocycles. The molecular formula is C13H21N3O3S. The van der Waals surface area contributed by atoms with Gasteiger partial charge in [0, 0.05) is 18.9 Å². The summed E-state index contributed by atoms with van der Waals surface area (Å²) >= 11 is 0. The summed E-state index contributed by atoms with van der Waals surface area (Å²) in [5, 5.41) is 17.9. The van der Waals surface area contributed by atoms with Crippen molar-refractivity contribution >= 4 is 9.84 Å². The Kier molecular flexibility index (Phi) is 3.81. The molecule has 1 unspecified atom stereocenters. The topological polar surface area (TPSA) is 85.1 Å². The highest BCUT2D eigenvalue weighted by molar-refractivity contribution is 7.91. The molecular weight excluding hydrogens is 278 g/mol. The summed E-state index contributed by atoms with van der Waals surface area (Å²) in [7, 11) is -2.80. The molecule has 1 fully saturated rings. The van der Waals surface area contributed by atoms with Crippen molar-refractivity contribution in [1.29, 1.82) is 0 Å². The molecule has 0 spiro atoms. The van der Waals surface area contributed by atoms with Crippen LogP contribution in [-0.4, -0.2) is 46.4 Å². The lowest BCUT2D eigenvalue weighted by atomic mass is 9.97. The smallest absolute Gasteiger partial charge is 0.150 e. The van der Waals surface area contributed by atoms with Crippen LogP contribution < -0.4 is 0 Å². The maximum atomic E-state index is 11.5. The lowest BCUT2D eigenvalue weighted by Gasteiger charge is -2.24. The van der Waals surface area contributed by atoms with Crippen molar-refractivity contribution in [2.75, 3.05) is 18.1 Å². The Morgan fingerprint density at radius 1 is 1.20 bits per heavy atom. The number of hydrogen-bond donors (Lipinski definition) is 1. The third-order valence-electron chi connectivity index (χ3n) is 4.52. The summed E-state index contributed by atoms with van der Waals surface area (Å²) in [5.74, 6) is 2.97. The lowest BCUT2D eigenvalue weighted by molar-refractivity contribution is 0.236. The first-order chi connectivity index (χ1) is 9.59. The maximum Gasteiger partial charge on any atom is 0.150 e. The van der Waals surface area contributed by atoms with Crippen LogP contribution in [-0.2, 0) is 22.8 Å². The number of rotatable bonds is 3. The molecule has 3 rings (SSSR count). The molecule has 6 nitrogen and oxygen atoms in total. The van der Waals surface area contributed by atoms with Crippen molar-refractivity contribution < 1.29 is 13.5 Å². The monoisotopic (exact) mass is 299 g/mol. The van der Waals surface area contributed by atoms with Crippen LogP contribution in [0.3, 0.4) is 0 Å². The Hall–Kier alpha value is -0.950. The SMILES string of the molecule is O=S1(=O)CCC(Cc2nnc3n2CCCC3CO)CC1. The normalized spacial score (nSPS) is 26.4. The molecule has 2 aliphatic heterocycles. The van der Waals surface area contributed by atoms with E-state index in [1.165, 1.54) is 0 Å². The predicted octanol–water partition coefficient (Wildman–Crippen LogP) is 0.515. The highest BCUT2D eigenvalue weighted by Gasteiger charge is 2.28. The molecule has 0 saturated carbocycles. The zero-order valence-electron chi connectivity index (χ0n) is 11.5. The van der Waals surface area contributed by atoms with Crippen molar-refractivity contribution in [3.8, 4) is 0 Å². The Labute approximate surface area is 119 Å². The van der Waals surface area contributed by atoms with Gasteiger partial charge < -0.3 is 9.67 Å². The molecule has 1 N–H and O–H groups in total. The van der Waals surface area contributed by atoms with Crippen molar-refractivity contribution in [3.05, 3.63) is 11.6 Å². The molecule has 20 heavy (non-hydrogen) atoms. The van der Waals surface area contributed by atoms with Crippen molar-refractivity contribution in [3.63, 3.8) is 0 Å². The van der Waals surface area contributed by atoms with Gasteiger partial charge >= 0.3 is 0 Å². The standard InChI is InChI=1S/C13H21N3O3S/c17-9-11-2-1-5-16-12(14-15-13(11)16)8-10-3-6-20(18,19)7-4-10/h10-11,17H,1-9H2. The minimum atomic E-state index is -2.80. The third-order valence-corrected chi connectivity index (χ3v) is 6.24. The van der Waals surface area contributed by atoms with E-state index in [1.807, 2.05) is 0 Å². The minimum Gasteiger partial charge on any atom is -0.396 e. The fourth-order valence-electron chi connectivity index (χ4n) is 3.24. The summed E-state index contributed by atoms with van der Waals surface area (Å²) in [4.78, 5) is 0. The first-order valence-electron chi connectivity index (χ1n) is 7.32. The highest BCUT2D eigenvalue weighted by Crippen LogP contribution is 2.28. The van der Waals surface area contributed by atoms with Gasteiger partial charge in [-0.15, -0.1) is 10.2 Å². The van der Waals surface area contributed by atoms with Gasteiger partial charge in [-0.1, -0.05) is 0 Å². The molecule has 0 aliphatic carbocycles. The maximum absolute atomic E-state index is 11.5. The van der Waals surface area contributed by atoms with E-state index in [9.17, 15) is 13.5 Å². The summed E-state index contributed by atoms with van der Waals surface area (Å²) < 4.78 is 25.0. The molecule has 7 heteroatoms. The van der Waals surface area contributed by atoms with Gasteiger partial charge in [0.15, 0.2) is 0 Å². The van der Waals surface area contributed by atoms with Gasteiger partial charge in [0.05, 0.1) is 18.1 Å². The van der Waals surface area contributed by atoms with Gasteiger partial charge in [0.25, 0.3) is 0 Å². The number of fused-ring (bicyclic) bond motifs is 1. The Balaban J connectivity index is 1.71. The van der Waals surface area contributed by atoms with E-state index < -0.39 is 9.84 Å². The van der Waals surface area contributed by atoms with E-state index in [1.54, 1.807) is 0 Å². The van der Waals surface area contributed by atoms with E-state index in [0.29, 0.717) is 17.4 Å². The Bertz CT molecular complexity index is 568. The Morgan fingerprint density at radius 3 is 2.65 bits per heavy atom. The molecule has 0 amide bonds. The summed E-state index contributed by atoms with van der Waals surface area (Å²) in [6, 6.07) is 0. The van der Waals surface area contributed by atoms with Gasteiger partial charge in [-0.05, 0) is 31.6 Å². The van der Waals surface area contributed by atoms with Crippen molar-refractivity contribution in [2.24, 2.45) is 5.92 Å². The zero-order valence-corrected chi connectivity index (χ0v) is 12.3. The highest BCUT2D eigenvalue weighted by atomic mass is 32.2. The molecule has 1 saturated heterocycles. The number of hydrogen-bond acceptors (Lipinski definition) is 5. The lowest BCUT2D eigenvalue weighted by Crippen LogP contribution is -2.26. The summed E-state index contributed by atoms with van der Waals surface area (Å²) in [6.07, 6.45) is 4.28. The van der Waals surface area contributed by atoms with Crippen LogP contribution in [0.5, 0.6) is 0 Å². The largest absolute Gasteiger partial charge is 0.396 e. The first-order valence-corrected chi connectivity index (χ1v) is 9.14. The second kappa shape index (κ2) is 5.44. The van der Waals surface area contributed by atoms with Gasteiger partial charge in [-0.3, -0.25) is 0 Å². The van der Waals surface area contributed by atoms with Gasteiger partial charge in [-0.2, -0.15) is 0 Å². The second-order valence-electron chi connectivity index (χ2n) is 5.95. The Morgan fingerprint density at radius 2 is 1.95 bits per heavy atom. The molecule has 2 aliphatic rings. The van der Waals surface area contributed by atoms with E-state index in [2.05, 4.69) is 14.8 Å². The number of aliphatic hydroxyl groups excluding tert-OH is 1. The van der Waals surface area contributed by atoms with E-state index >= 15 is 0 Å². The molecule has 0 aromatic carbocycles. The molecule has 112 valence electrons. The fraction of sp³-hybridized carbons (Fsp3) is 0.846. The van der Waals surface area contributed by atoms with Gasteiger partial charge in [0.1, 0.15) is 21.5 Å². The average Bonchev–Trinajstić information content (AvgIpc) is 2.84. The van der Waals surface area contributed by atoms with Crippen LogP contribution in [0.25, 0.3) is 0 Å².